The molecule has 0 aromatic carbocycles. The van der Waals surface area contributed by atoms with Crippen LogP contribution in [-0.4, -0.2) is 193 Å². The highest BCUT2D eigenvalue weighted by atomic mass is 16.8. The first-order chi connectivity index (χ1) is 34.3. The number of allylic oxidation sites excluding steroid dienone is 4. The van der Waals surface area contributed by atoms with Gasteiger partial charge in [-0.3, -0.25) is 4.79 Å². The lowest BCUT2D eigenvalue weighted by Gasteiger charge is -2.48. The molecule has 3 aliphatic rings. The summed E-state index contributed by atoms with van der Waals surface area (Å²) in [6, 6.07) is -0.886. The van der Waals surface area contributed by atoms with E-state index in [4.69, 9.17) is 28.4 Å². The third-order valence-electron chi connectivity index (χ3n) is 13.8. The predicted octanol–water partition coefficient (Wildman–Crippen LogP) is 2.81. The average molecular weight is 1020 g/mol. The number of amides is 1. The van der Waals surface area contributed by atoms with Crippen LogP contribution < -0.4 is 5.32 Å². The summed E-state index contributed by atoms with van der Waals surface area (Å²) in [5.74, 6) is -0.256. The van der Waals surface area contributed by atoms with Crippen molar-refractivity contribution >= 4 is 5.91 Å². The Hall–Kier alpha value is -1.73. The number of aliphatic hydroxyl groups excluding tert-OH is 11. The van der Waals surface area contributed by atoms with Gasteiger partial charge < -0.3 is 89.9 Å². The fraction of sp³-hybridized carbons (Fsp3) is 0.904. The minimum absolute atomic E-state index is 0.256. The Morgan fingerprint density at radius 3 is 1.45 bits per heavy atom. The Kier molecular flexibility index (Phi) is 33.2. The first kappa shape index (κ1) is 63.6. The molecule has 0 spiro atoms. The molecule has 0 aliphatic carbocycles. The van der Waals surface area contributed by atoms with Crippen LogP contribution in [0, 0.1) is 0 Å². The van der Waals surface area contributed by atoms with Crippen molar-refractivity contribution in [2.75, 3.05) is 26.4 Å². The Bertz CT molecular complexity index is 1410. The van der Waals surface area contributed by atoms with Gasteiger partial charge in [0.05, 0.1) is 38.6 Å². The molecule has 0 radical (unpaired) electrons. The largest absolute Gasteiger partial charge is 0.394 e. The summed E-state index contributed by atoms with van der Waals surface area (Å²) < 4.78 is 34.1. The maximum Gasteiger partial charge on any atom is 0.220 e. The predicted molar refractivity (Wildman–Crippen MR) is 263 cm³/mol. The van der Waals surface area contributed by atoms with E-state index in [2.05, 4.69) is 43.5 Å². The lowest BCUT2D eigenvalue weighted by atomic mass is 9.96. The van der Waals surface area contributed by atoms with Gasteiger partial charge in [-0.1, -0.05) is 141 Å². The number of rotatable bonds is 38. The van der Waals surface area contributed by atoms with E-state index in [1.807, 2.05) is 0 Å². The van der Waals surface area contributed by atoms with Gasteiger partial charge in [0.25, 0.3) is 0 Å². The molecule has 71 heavy (non-hydrogen) atoms. The van der Waals surface area contributed by atoms with E-state index in [1.165, 1.54) is 57.8 Å². The molecule has 19 heteroatoms. The third kappa shape index (κ3) is 22.6. The van der Waals surface area contributed by atoms with Crippen molar-refractivity contribution in [3.63, 3.8) is 0 Å². The maximum absolute atomic E-state index is 13.2. The van der Waals surface area contributed by atoms with Crippen molar-refractivity contribution in [2.24, 2.45) is 0 Å². The van der Waals surface area contributed by atoms with Gasteiger partial charge in [-0.25, -0.2) is 0 Å². The van der Waals surface area contributed by atoms with Gasteiger partial charge >= 0.3 is 0 Å². The molecule has 0 bridgehead atoms. The summed E-state index contributed by atoms with van der Waals surface area (Å²) in [6.45, 7) is 1.69. The quantitative estimate of drug-likeness (QED) is 0.0313. The number of hydrogen-bond acceptors (Lipinski definition) is 18. The van der Waals surface area contributed by atoms with Crippen molar-refractivity contribution in [3.8, 4) is 0 Å². The van der Waals surface area contributed by atoms with Gasteiger partial charge in [-0.15, -0.1) is 0 Å². The molecule has 0 saturated carbocycles. The van der Waals surface area contributed by atoms with E-state index in [9.17, 15) is 61.0 Å². The number of carbonyl (C=O) groups is 1. The van der Waals surface area contributed by atoms with Crippen LogP contribution in [0.1, 0.15) is 168 Å². The molecule has 1 amide bonds. The van der Waals surface area contributed by atoms with Crippen LogP contribution in [0.5, 0.6) is 0 Å². The summed E-state index contributed by atoms with van der Waals surface area (Å²) in [5, 5.41) is 120. The molecule has 3 heterocycles. The van der Waals surface area contributed by atoms with Crippen LogP contribution in [0.15, 0.2) is 24.3 Å². The Balaban J connectivity index is 1.50. The summed E-state index contributed by atoms with van der Waals surface area (Å²) in [5.41, 5.74) is 0. The fourth-order valence-corrected chi connectivity index (χ4v) is 9.22. The highest BCUT2D eigenvalue weighted by molar-refractivity contribution is 5.76. The third-order valence-corrected chi connectivity index (χ3v) is 13.8. The molecule has 0 aromatic heterocycles. The normalized spacial score (nSPS) is 32.4. The molecule has 17 atom stereocenters. The van der Waals surface area contributed by atoms with E-state index >= 15 is 0 Å². The number of ether oxygens (including phenoxy) is 6. The number of nitrogens with one attached hydrogen (secondary N) is 1. The lowest BCUT2D eigenvalue weighted by molar-refractivity contribution is -0.379. The van der Waals surface area contributed by atoms with E-state index in [0.717, 1.165) is 77.0 Å². The summed E-state index contributed by atoms with van der Waals surface area (Å²) in [7, 11) is 0. The van der Waals surface area contributed by atoms with Crippen LogP contribution in [0.4, 0.5) is 0 Å². The van der Waals surface area contributed by atoms with Crippen molar-refractivity contribution in [1.29, 1.82) is 0 Å². The van der Waals surface area contributed by atoms with Gasteiger partial charge in [-0.2, -0.15) is 0 Å². The van der Waals surface area contributed by atoms with E-state index in [-0.39, 0.29) is 18.9 Å². The van der Waals surface area contributed by atoms with Crippen molar-refractivity contribution in [2.45, 2.75) is 272 Å². The standard InChI is InChI=1S/C52H95NO18/c1-3-5-7-9-11-13-14-15-16-17-18-19-20-21-22-24-26-28-30-40(58)53-35(36(57)29-27-25-23-12-10-8-6-4-2)34-66-50-46(64)43(61)48(38(32-55)68-50)71-52-47(65)44(62)49(39(33-56)69-52)70-51-45(63)42(60)41(59)37(31-54)67-51/h13-14,16-17,35-39,41-52,54-57,59-65H,3-12,15,18-34H2,1-2H3,(H,53,58)/b14-13-,17-16-. The minimum Gasteiger partial charge on any atom is -0.394 e. The van der Waals surface area contributed by atoms with Crippen LogP contribution >= 0.6 is 0 Å². The van der Waals surface area contributed by atoms with Crippen molar-refractivity contribution < 1.29 is 89.4 Å². The second-order valence-corrected chi connectivity index (χ2v) is 19.7. The fourth-order valence-electron chi connectivity index (χ4n) is 9.22. The SMILES string of the molecule is CCCCCC/C=C\C/C=C\CCCCCCCCCC(=O)NC(COC1OC(CO)C(OC2OC(CO)C(OC3OC(CO)C(O)C(O)C3O)C(O)C2O)C(O)C1O)C(O)CCCCCCCCCC. The summed E-state index contributed by atoms with van der Waals surface area (Å²) in [4.78, 5) is 13.2. The Morgan fingerprint density at radius 1 is 0.507 bits per heavy atom. The highest BCUT2D eigenvalue weighted by Gasteiger charge is 2.53. The van der Waals surface area contributed by atoms with Crippen molar-refractivity contribution in [1.82, 2.24) is 5.32 Å². The first-order valence-corrected chi connectivity index (χ1v) is 27.1. The average Bonchev–Trinajstić information content (AvgIpc) is 3.36. The van der Waals surface area contributed by atoms with Gasteiger partial charge in [0, 0.05) is 6.42 Å². The second kappa shape index (κ2) is 37.1. The molecule has 3 saturated heterocycles. The number of unbranched alkanes of at least 4 members (excludes halogenated alkanes) is 18. The van der Waals surface area contributed by atoms with Gasteiger partial charge in [-0.05, 0) is 44.9 Å². The second-order valence-electron chi connectivity index (χ2n) is 19.7. The molecular weight excluding hydrogens is 927 g/mol. The van der Waals surface area contributed by atoms with Crippen LogP contribution in [0.25, 0.3) is 0 Å². The Labute approximate surface area is 422 Å². The van der Waals surface area contributed by atoms with Gasteiger partial charge in [0.15, 0.2) is 18.9 Å². The monoisotopic (exact) mass is 1020 g/mol. The minimum atomic E-state index is -1.97. The number of aliphatic hydroxyl groups is 11. The number of hydrogen-bond donors (Lipinski definition) is 12. The lowest BCUT2D eigenvalue weighted by Crippen LogP contribution is -2.66. The van der Waals surface area contributed by atoms with Crippen molar-refractivity contribution in [3.05, 3.63) is 24.3 Å². The molecule has 0 aromatic rings. The molecular formula is C52H95NO18. The van der Waals surface area contributed by atoms with Crippen LogP contribution in [0.2, 0.25) is 0 Å². The van der Waals surface area contributed by atoms with Gasteiger partial charge in [0.1, 0.15) is 73.2 Å². The zero-order chi connectivity index (χ0) is 52.0. The molecule has 3 rings (SSSR count). The molecule has 3 fully saturated rings. The van der Waals surface area contributed by atoms with Crippen LogP contribution in [-0.2, 0) is 33.2 Å². The van der Waals surface area contributed by atoms with E-state index in [1.54, 1.807) is 0 Å². The number of carbonyl (C=O) groups excluding carboxylic acids is 1. The van der Waals surface area contributed by atoms with Crippen LogP contribution in [0.3, 0.4) is 0 Å². The van der Waals surface area contributed by atoms with E-state index in [0.29, 0.717) is 12.8 Å². The summed E-state index contributed by atoms with van der Waals surface area (Å²) in [6.07, 6.45) is 7.28. The molecule has 17 unspecified atom stereocenters. The zero-order valence-corrected chi connectivity index (χ0v) is 42.7. The molecule has 3 aliphatic heterocycles. The highest BCUT2D eigenvalue weighted by Crippen LogP contribution is 2.33. The smallest absolute Gasteiger partial charge is 0.220 e. The maximum atomic E-state index is 13.2. The molecule has 19 nitrogen and oxygen atoms in total. The zero-order valence-electron chi connectivity index (χ0n) is 42.7. The molecule has 12 N–H and O–H groups in total. The van der Waals surface area contributed by atoms with E-state index < -0.39 is 124 Å². The molecule has 416 valence electrons. The Morgan fingerprint density at radius 2 is 0.930 bits per heavy atom. The van der Waals surface area contributed by atoms with Gasteiger partial charge in [0.2, 0.25) is 5.91 Å². The first-order valence-electron chi connectivity index (χ1n) is 27.1. The topological polar surface area (TPSA) is 307 Å². The summed E-state index contributed by atoms with van der Waals surface area (Å²) >= 11 is 0.